The van der Waals surface area contributed by atoms with Crippen molar-refractivity contribution >= 4 is 27.8 Å². The van der Waals surface area contributed by atoms with Crippen LogP contribution in [0.15, 0.2) is 60.9 Å². The first-order chi connectivity index (χ1) is 13.8. The summed E-state index contributed by atoms with van der Waals surface area (Å²) in [5, 5.41) is 18.7. The van der Waals surface area contributed by atoms with Gasteiger partial charge in [0.05, 0.1) is 5.39 Å². The van der Waals surface area contributed by atoms with Crippen LogP contribution >= 0.6 is 0 Å². The number of aliphatic hydroxyl groups excluding tert-OH is 1. The minimum atomic E-state index is -0.570. The van der Waals surface area contributed by atoms with E-state index in [0.29, 0.717) is 19.6 Å². The van der Waals surface area contributed by atoms with Gasteiger partial charge in [0, 0.05) is 30.5 Å². The molecule has 0 amide bonds. The molecule has 0 bridgehead atoms. The van der Waals surface area contributed by atoms with Crippen LogP contribution in [0.2, 0.25) is 0 Å². The van der Waals surface area contributed by atoms with Crippen LogP contribution < -0.4 is 15.4 Å². The van der Waals surface area contributed by atoms with E-state index in [4.69, 9.17) is 4.74 Å². The van der Waals surface area contributed by atoms with Crippen molar-refractivity contribution in [2.45, 2.75) is 6.10 Å². The molecule has 4 aromatic rings. The average Bonchev–Trinajstić information content (AvgIpc) is 3.12. The Bertz CT molecular complexity index is 1030. The number of ether oxygens (including phenoxy) is 1. The lowest BCUT2D eigenvalue weighted by molar-refractivity contribution is 0.107. The van der Waals surface area contributed by atoms with Gasteiger partial charge in [-0.2, -0.15) is 0 Å². The van der Waals surface area contributed by atoms with Gasteiger partial charge in [0.25, 0.3) is 0 Å². The Morgan fingerprint density at radius 2 is 1.82 bits per heavy atom. The molecule has 2 aromatic carbocycles. The van der Waals surface area contributed by atoms with E-state index in [1.807, 2.05) is 48.5 Å². The molecule has 0 spiro atoms. The Morgan fingerprint density at radius 3 is 2.71 bits per heavy atom. The highest BCUT2D eigenvalue weighted by atomic mass is 16.5. The monoisotopic (exact) mass is 377 g/mol. The van der Waals surface area contributed by atoms with Crippen molar-refractivity contribution in [2.75, 3.05) is 31.6 Å². The van der Waals surface area contributed by atoms with Crippen LogP contribution in [0, 0.1) is 0 Å². The maximum Gasteiger partial charge on any atom is 0.143 e. The first kappa shape index (κ1) is 18.2. The largest absolute Gasteiger partial charge is 0.491 e. The molecule has 4 rings (SSSR count). The van der Waals surface area contributed by atoms with Crippen LogP contribution in [0.25, 0.3) is 21.9 Å². The molecule has 2 heterocycles. The van der Waals surface area contributed by atoms with Crippen LogP contribution in [-0.4, -0.2) is 52.4 Å². The van der Waals surface area contributed by atoms with E-state index in [-0.39, 0.29) is 6.61 Å². The van der Waals surface area contributed by atoms with Gasteiger partial charge in [-0.25, -0.2) is 9.97 Å². The van der Waals surface area contributed by atoms with E-state index in [9.17, 15) is 5.11 Å². The normalized spacial score (nSPS) is 12.3. The number of anilines is 1. The summed E-state index contributed by atoms with van der Waals surface area (Å²) >= 11 is 0. The molecule has 7 heteroatoms. The number of benzene rings is 2. The summed E-state index contributed by atoms with van der Waals surface area (Å²) in [6.45, 7) is 2.08. The summed E-state index contributed by atoms with van der Waals surface area (Å²) in [7, 11) is 0. The second-order valence-electron chi connectivity index (χ2n) is 6.53. The Hall–Kier alpha value is -3.16. The number of aromatic amines is 1. The predicted octanol–water partition coefficient (Wildman–Crippen LogP) is 2.55. The highest BCUT2D eigenvalue weighted by Gasteiger charge is 2.10. The Labute approximate surface area is 162 Å². The lowest BCUT2D eigenvalue weighted by Crippen LogP contribution is -2.34. The van der Waals surface area contributed by atoms with E-state index in [1.54, 1.807) is 6.33 Å². The van der Waals surface area contributed by atoms with Crippen LogP contribution in [-0.2, 0) is 0 Å². The number of hydrogen-bond donors (Lipinski definition) is 4. The summed E-state index contributed by atoms with van der Waals surface area (Å²) < 4.78 is 5.55. The molecule has 0 aliphatic rings. The molecule has 2 aromatic heterocycles. The van der Waals surface area contributed by atoms with E-state index >= 15 is 0 Å². The topological polar surface area (TPSA) is 95.1 Å². The first-order valence-corrected chi connectivity index (χ1v) is 9.33. The lowest BCUT2D eigenvalue weighted by Gasteiger charge is -2.13. The number of nitrogens with one attached hydrogen (secondary N) is 3. The third kappa shape index (κ3) is 4.21. The minimum absolute atomic E-state index is 0.256. The molecule has 0 saturated heterocycles. The maximum absolute atomic E-state index is 10.0. The number of nitrogens with zero attached hydrogens (tertiary/aromatic N) is 2. The van der Waals surface area contributed by atoms with Crippen LogP contribution in [0.3, 0.4) is 0 Å². The first-order valence-electron chi connectivity index (χ1n) is 9.33. The van der Waals surface area contributed by atoms with Gasteiger partial charge in [0.1, 0.15) is 36.3 Å². The lowest BCUT2D eigenvalue weighted by atomic mass is 10.2. The van der Waals surface area contributed by atoms with Gasteiger partial charge in [0.2, 0.25) is 0 Å². The standard InChI is InChI=1S/C21H23N5O2/c27-15(13-28-16-6-2-1-3-7-16)12-22-10-11-23-20-19-17-8-4-5-9-18(17)26-21(19)25-14-24-20/h1-9,14-15,22,27H,10-13H2,(H2,23,24,25,26). The molecule has 0 aliphatic carbocycles. The Kier molecular flexibility index (Phi) is 5.65. The van der Waals surface area contributed by atoms with E-state index < -0.39 is 6.10 Å². The molecule has 0 fully saturated rings. The van der Waals surface area contributed by atoms with Gasteiger partial charge in [-0.15, -0.1) is 0 Å². The van der Waals surface area contributed by atoms with Crippen molar-refractivity contribution in [2.24, 2.45) is 0 Å². The summed E-state index contributed by atoms with van der Waals surface area (Å²) in [5.41, 5.74) is 1.86. The third-order valence-electron chi connectivity index (χ3n) is 4.46. The second-order valence-corrected chi connectivity index (χ2v) is 6.53. The van der Waals surface area contributed by atoms with Gasteiger partial charge < -0.3 is 25.5 Å². The molecule has 0 aliphatic heterocycles. The van der Waals surface area contributed by atoms with Crippen LogP contribution in [0.4, 0.5) is 5.82 Å². The van der Waals surface area contributed by atoms with Gasteiger partial charge >= 0.3 is 0 Å². The number of hydrogen-bond acceptors (Lipinski definition) is 6. The van der Waals surface area contributed by atoms with Crippen molar-refractivity contribution < 1.29 is 9.84 Å². The summed E-state index contributed by atoms with van der Waals surface area (Å²) in [6, 6.07) is 17.6. The average molecular weight is 377 g/mol. The van der Waals surface area contributed by atoms with Gasteiger partial charge in [-0.05, 0) is 18.2 Å². The highest BCUT2D eigenvalue weighted by Crippen LogP contribution is 2.28. The van der Waals surface area contributed by atoms with Gasteiger partial charge in [-0.1, -0.05) is 36.4 Å². The fourth-order valence-electron chi connectivity index (χ4n) is 3.11. The number of H-pyrrole nitrogens is 1. The number of aromatic nitrogens is 3. The maximum atomic E-state index is 10.0. The zero-order valence-electron chi connectivity index (χ0n) is 15.4. The second kappa shape index (κ2) is 8.69. The zero-order chi connectivity index (χ0) is 19.2. The molecule has 1 atom stereocenters. The minimum Gasteiger partial charge on any atom is -0.491 e. The van der Waals surface area contributed by atoms with Crippen molar-refractivity contribution in [1.82, 2.24) is 20.3 Å². The molecular weight excluding hydrogens is 354 g/mol. The number of aliphatic hydroxyl groups is 1. The smallest absolute Gasteiger partial charge is 0.143 e. The molecule has 144 valence electrons. The fraction of sp³-hybridized carbons (Fsp3) is 0.238. The van der Waals surface area contributed by atoms with Gasteiger partial charge in [0.15, 0.2) is 0 Å². The number of para-hydroxylation sites is 2. The van der Waals surface area contributed by atoms with E-state index in [1.165, 1.54) is 0 Å². The molecule has 1 unspecified atom stereocenters. The van der Waals surface area contributed by atoms with Crippen molar-refractivity contribution in [3.05, 3.63) is 60.9 Å². The van der Waals surface area contributed by atoms with E-state index in [2.05, 4.69) is 31.7 Å². The summed E-state index contributed by atoms with van der Waals surface area (Å²) in [5.74, 6) is 1.56. The molecule has 4 N–H and O–H groups in total. The molecule has 28 heavy (non-hydrogen) atoms. The molecule has 0 radical (unpaired) electrons. The Morgan fingerprint density at radius 1 is 1.00 bits per heavy atom. The van der Waals surface area contributed by atoms with Crippen molar-refractivity contribution in [1.29, 1.82) is 0 Å². The third-order valence-corrected chi connectivity index (χ3v) is 4.46. The number of rotatable bonds is 9. The van der Waals surface area contributed by atoms with Crippen molar-refractivity contribution in [3.8, 4) is 5.75 Å². The predicted molar refractivity (Wildman–Crippen MR) is 111 cm³/mol. The Balaban J connectivity index is 1.25. The number of fused-ring (bicyclic) bond motifs is 3. The molecule has 0 saturated carbocycles. The SMILES string of the molecule is OC(CNCCNc1ncnc2[nH]c3ccccc3c12)COc1ccccc1. The molecular formula is C21H23N5O2. The van der Waals surface area contributed by atoms with Crippen molar-refractivity contribution in [3.63, 3.8) is 0 Å². The van der Waals surface area contributed by atoms with Gasteiger partial charge in [-0.3, -0.25) is 0 Å². The summed E-state index contributed by atoms with van der Waals surface area (Å²) in [6.07, 6.45) is 0.984. The van der Waals surface area contributed by atoms with Crippen LogP contribution in [0.5, 0.6) is 5.75 Å². The quantitative estimate of drug-likeness (QED) is 0.335. The highest BCUT2D eigenvalue weighted by molar-refractivity contribution is 6.10. The fourth-order valence-corrected chi connectivity index (χ4v) is 3.11. The zero-order valence-corrected chi connectivity index (χ0v) is 15.4. The summed E-state index contributed by atoms with van der Waals surface area (Å²) in [4.78, 5) is 12.0. The van der Waals surface area contributed by atoms with E-state index in [0.717, 1.165) is 33.5 Å². The molecule has 7 nitrogen and oxygen atoms in total. The van der Waals surface area contributed by atoms with Crippen LogP contribution in [0.1, 0.15) is 0 Å².